The molecule has 0 fully saturated rings. The molecule has 1 atom stereocenters. The van der Waals surface area contributed by atoms with Gasteiger partial charge in [0.05, 0.1) is 29.8 Å². The number of nitro benzene ring substituents is 1. The number of nitrogens with zero attached hydrogens (tertiary/aromatic N) is 1. The van der Waals surface area contributed by atoms with Gasteiger partial charge in [0.15, 0.2) is 0 Å². The third kappa shape index (κ3) is 2.54. The number of anilines is 1. The normalized spacial score (nSPS) is 16.3. The number of rotatable bonds is 4. The topological polar surface area (TPSA) is 64.4 Å². The number of non-ortho nitro benzene ring substituents is 1. The fourth-order valence-electron chi connectivity index (χ4n) is 2.81. The van der Waals surface area contributed by atoms with E-state index in [-0.39, 0.29) is 11.7 Å². The Morgan fingerprint density at radius 1 is 1.29 bits per heavy atom. The van der Waals surface area contributed by atoms with Crippen LogP contribution < -0.4 is 10.1 Å². The highest BCUT2D eigenvalue weighted by atomic mass is 16.6. The van der Waals surface area contributed by atoms with E-state index in [0.29, 0.717) is 5.75 Å². The van der Waals surface area contributed by atoms with Crippen molar-refractivity contribution >= 4 is 11.4 Å². The molecule has 1 unspecified atom stereocenters. The van der Waals surface area contributed by atoms with Crippen molar-refractivity contribution in [3.63, 3.8) is 0 Å². The van der Waals surface area contributed by atoms with E-state index in [4.69, 9.17) is 4.74 Å². The van der Waals surface area contributed by atoms with Crippen LogP contribution >= 0.6 is 0 Å². The number of nitro groups is 1. The van der Waals surface area contributed by atoms with E-state index < -0.39 is 4.92 Å². The zero-order valence-electron chi connectivity index (χ0n) is 11.7. The van der Waals surface area contributed by atoms with Gasteiger partial charge in [-0.25, -0.2) is 0 Å². The molecule has 0 spiro atoms. The summed E-state index contributed by atoms with van der Waals surface area (Å²) in [6.45, 7) is 0. The van der Waals surface area contributed by atoms with E-state index in [1.54, 1.807) is 6.07 Å². The molecule has 2 aromatic rings. The van der Waals surface area contributed by atoms with Crippen LogP contribution in [0.2, 0.25) is 0 Å². The lowest BCUT2D eigenvalue weighted by molar-refractivity contribution is -0.384. The molecule has 0 radical (unpaired) electrons. The predicted molar refractivity (Wildman–Crippen MR) is 80.8 cm³/mol. The quantitative estimate of drug-likeness (QED) is 0.686. The first kappa shape index (κ1) is 13.4. The van der Waals surface area contributed by atoms with Crippen molar-refractivity contribution in [3.8, 4) is 5.75 Å². The standard InChI is InChI=1S/C16H16N2O3/c1-21-16-10-12(18(19)20)7-9-15(16)17-14-8-6-11-4-2-3-5-13(11)14/h2-5,7,9-10,14,17H,6,8H2,1H3. The minimum Gasteiger partial charge on any atom is -0.494 e. The van der Waals surface area contributed by atoms with Crippen LogP contribution in [0.1, 0.15) is 23.6 Å². The van der Waals surface area contributed by atoms with E-state index >= 15 is 0 Å². The largest absolute Gasteiger partial charge is 0.494 e. The van der Waals surface area contributed by atoms with E-state index in [1.807, 2.05) is 12.1 Å². The number of fused-ring (bicyclic) bond motifs is 1. The van der Waals surface area contributed by atoms with Gasteiger partial charge in [-0.2, -0.15) is 0 Å². The molecule has 21 heavy (non-hydrogen) atoms. The van der Waals surface area contributed by atoms with Crippen molar-refractivity contribution < 1.29 is 9.66 Å². The molecule has 5 nitrogen and oxygen atoms in total. The number of aryl methyl sites for hydroxylation is 1. The summed E-state index contributed by atoms with van der Waals surface area (Å²) >= 11 is 0. The summed E-state index contributed by atoms with van der Waals surface area (Å²) in [7, 11) is 1.52. The molecule has 0 aliphatic heterocycles. The molecule has 1 N–H and O–H groups in total. The molecule has 3 rings (SSSR count). The SMILES string of the molecule is COc1cc([N+](=O)[O-])ccc1NC1CCc2ccccc21. The molecule has 1 aliphatic carbocycles. The lowest BCUT2D eigenvalue weighted by Gasteiger charge is -2.17. The van der Waals surface area contributed by atoms with Gasteiger partial charge in [-0.05, 0) is 30.0 Å². The second-order valence-corrected chi connectivity index (χ2v) is 5.08. The molecule has 0 saturated heterocycles. The van der Waals surface area contributed by atoms with Gasteiger partial charge in [-0.15, -0.1) is 0 Å². The van der Waals surface area contributed by atoms with Gasteiger partial charge >= 0.3 is 0 Å². The zero-order chi connectivity index (χ0) is 14.8. The summed E-state index contributed by atoms with van der Waals surface area (Å²) in [5, 5.41) is 14.3. The maximum Gasteiger partial charge on any atom is 0.273 e. The van der Waals surface area contributed by atoms with Crippen molar-refractivity contribution in [2.24, 2.45) is 0 Å². The first-order valence-corrected chi connectivity index (χ1v) is 6.86. The zero-order valence-corrected chi connectivity index (χ0v) is 11.7. The Balaban J connectivity index is 1.87. The minimum atomic E-state index is -0.419. The lowest BCUT2D eigenvalue weighted by Crippen LogP contribution is -2.08. The molecular weight excluding hydrogens is 268 g/mol. The van der Waals surface area contributed by atoms with E-state index in [1.165, 1.54) is 30.4 Å². The predicted octanol–water partition coefficient (Wildman–Crippen LogP) is 3.70. The Morgan fingerprint density at radius 3 is 2.86 bits per heavy atom. The van der Waals surface area contributed by atoms with E-state index in [0.717, 1.165) is 18.5 Å². The molecule has 0 bridgehead atoms. The average Bonchev–Trinajstić information content (AvgIpc) is 2.91. The molecule has 5 heteroatoms. The fourth-order valence-corrected chi connectivity index (χ4v) is 2.81. The molecule has 0 amide bonds. The summed E-state index contributed by atoms with van der Waals surface area (Å²) < 4.78 is 5.27. The molecule has 1 aliphatic rings. The van der Waals surface area contributed by atoms with Gasteiger partial charge in [-0.1, -0.05) is 24.3 Å². The van der Waals surface area contributed by atoms with Crippen LogP contribution in [0.4, 0.5) is 11.4 Å². The maximum atomic E-state index is 10.8. The minimum absolute atomic E-state index is 0.0317. The smallest absolute Gasteiger partial charge is 0.273 e. The van der Waals surface area contributed by atoms with Crippen LogP contribution in [-0.4, -0.2) is 12.0 Å². The molecule has 0 saturated carbocycles. The van der Waals surface area contributed by atoms with Gasteiger partial charge in [0, 0.05) is 6.07 Å². The summed E-state index contributed by atoms with van der Waals surface area (Å²) in [5.41, 5.74) is 3.46. The second kappa shape index (κ2) is 5.44. The average molecular weight is 284 g/mol. The Labute approximate surface area is 122 Å². The third-order valence-corrected chi connectivity index (χ3v) is 3.86. The summed E-state index contributed by atoms with van der Waals surface area (Å²) in [6, 6.07) is 13.2. The maximum absolute atomic E-state index is 10.8. The number of methoxy groups -OCH3 is 1. The van der Waals surface area contributed by atoms with Crippen LogP contribution in [0.5, 0.6) is 5.75 Å². The summed E-state index contributed by atoms with van der Waals surface area (Å²) in [5.74, 6) is 0.494. The van der Waals surface area contributed by atoms with Gasteiger partial charge in [-0.3, -0.25) is 10.1 Å². The monoisotopic (exact) mass is 284 g/mol. The number of hydrogen-bond acceptors (Lipinski definition) is 4. The highest BCUT2D eigenvalue weighted by Crippen LogP contribution is 2.37. The fraction of sp³-hybridized carbons (Fsp3) is 0.250. The van der Waals surface area contributed by atoms with Gasteiger partial charge < -0.3 is 10.1 Å². The van der Waals surface area contributed by atoms with Gasteiger partial charge in [0.1, 0.15) is 5.75 Å². The van der Waals surface area contributed by atoms with Gasteiger partial charge in [0.25, 0.3) is 5.69 Å². The van der Waals surface area contributed by atoms with E-state index in [2.05, 4.69) is 17.4 Å². The number of hydrogen-bond donors (Lipinski definition) is 1. The van der Waals surface area contributed by atoms with Crippen LogP contribution in [0.25, 0.3) is 0 Å². The first-order chi connectivity index (χ1) is 10.2. The molecule has 2 aromatic carbocycles. The van der Waals surface area contributed by atoms with Crippen molar-refractivity contribution in [2.75, 3.05) is 12.4 Å². The summed E-state index contributed by atoms with van der Waals surface area (Å²) in [4.78, 5) is 10.4. The molecule has 0 heterocycles. The summed E-state index contributed by atoms with van der Waals surface area (Å²) in [6.07, 6.45) is 2.06. The van der Waals surface area contributed by atoms with Gasteiger partial charge in [0.2, 0.25) is 0 Å². The van der Waals surface area contributed by atoms with Crippen LogP contribution in [0, 0.1) is 10.1 Å². The van der Waals surface area contributed by atoms with Crippen molar-refractivity contribution in [2.45, 2.75) is 18.9 Å². The number of ether oxygens (including phenoxy) is 1. The van der Waals surface area contributed by atoms with Crippen LogP contribution in [-0.2, 0) is 6.42 Å². The first-order valence-electron chi connectivity index (χ1n) is 6.86. The van der Waals surface area contributed by atoms with Crippen molar-refractivity contribution in [1.29, 1.82) is 0 Å². The Morgan fingerprint density at radius 2 is 2.10 bits per heavy atom. The van der Waals surface area contributed by atoms with Crippen LogP contribution in [0.15, 0.2) is 42.5 Å². The Bertz CT molecular complexity index is 685. The van der Waals surface area contributed by atoms with Crippen molar-refractivity contribution in [1.82, 2.24) is 0 Å². The molecule has 0 aromatic heterocycles. The van der Waals surface area contributed by atoms with E-state index in [9.17, 15) is 10.1 Å². The second-order valence-electron chi connectivity index (χ2n) is 5.08. The number of nitrogens with one attached hydrogen (secondary N) is 1. The highest BCUT2D eigenvalue weighted by molar-refractivity contribution is 5.62. The highest BCUT2D eigenvalue weighted by Gasteiger charge is 2.23. The number of benzene rings is 2. The van der Waals surface area contributed by atoms with Crippen molar-refractivity contribution in [3.05, 3.63) is 63.7 Å². The third-order valence-electron chi connectivity index (χ3n) is 3.86. The Kier molecular flexibility index (Phi) is 3.48. The molecule has 108 valence electrons. The molecular formula is C16H16N2O3. The van der Waals surface area contributed by atoms with Crippen LogP contribution in [0.3, 0.4) is 0 Å². The Hall–Kier alpha value is -2.56. The lowest BCUT2D eigenvalue weighted by atomic mass is 10.1.